The van der Waals surface area contributed by atoms with Crippen molar-refractivity contribution in [3.8, 4) is 5.75 Å². The molecule has 1 saturated heterocycles. The first kappa shape index (κ1) is 21.4. The Balaban J connectivity index is 1.86. The molecular formula is C22H25ClN4O3. The van der Waals surface area contributed by atoms with E-state index < -0.39 is 5.97 Å². The third kappa shape index (κ3) is 4.63. The highest BCUT2D eigenvalue weighted by molar-refractivity contribution is 6.33. The Kier molecular flexibility index (Phi) is 6.42. The van der Waals surface area contributed by atoms with E-state index in [1.54, 1.807) is 42.5 Å². The molecule has 1 fully saturated rings. The molecule has 0 amide bonds. The number of carboxylic acids is 1. The molecule has 0 bridgehead atoms. The maximum Gasteiger partial charge on any atom is 0.337 e. The number of nitrogens with two attached hydrogens (primary N) is 3. The van der Waals surface area contributed by atoms with Crippen molar-refractivity contribution in [3.63, 3.8) is 0 Å². The number of phenols is 1. The van der Waals surface area contributed by atoms with Crippen LogP contribution in [0.4, 0.5) is 0 Å². The van der Waals surface area contributed by atoms with Gasteiger partial charge >= 0.3 is 5.97 Å². The van der Waals surface area contributed by atoms with Crippen LogP contribution in [-0.4, -0.2) is 34.2 Å². The minimum atomic E-state index is -1.05. The summed E-state index contributed by atoms with van der Waals surface area (Å²) >= 11 is 6.15. The lowest BCUT2D eigenvalue weighted by Crippen LogP contribution is -2.36. The number of carboxylic acid groups (broad SMARTS) is 1. The van der Waals surface area contributed by atoms with Crippen LogP contribution in [0.2, 0.25) is 5.02 Å². The highest BCUT2D eigenvalue weighted by Gasteiger charge is 2.24. The SMILES string of the molecule is NC(N)=C(/C=C(\N)c1ccccc1O)N1CCCC(c2ccc(C(=O)O)c(Cl)c2)C1. The molecule has 1 atom stereocenters. The van der Waals surface area contributed by atoms with Gasteiger partial charge < -0.3 is 32.3 Å². The molecule has 7 nitrogen and oxygen atoms in total. The van der Waals surface area contributed by atoms with E-state index in [1.807, 2.05) is 0 Å². The summed E-state index contributed by atoms with van der Waals surface area (Å²) in [7, 11) is 0. The molecule has 30 heavy (non-hydrogen) atoms. The van der Waals surface area contributed by atoms with Crippen molar-refractivity contribution < 1.29 is 15.0 Å². The molecule has 2 aromatic rings. The number of aromatic hydroxyl groups is 1. The Hall–Kier alpha value is -3.32. The second-order valence-electron chi connectivity index (χ2n) is 7.29. The zero-order chi connectivity index (χ0) is 21.8. The van der Waals surface area contributed by atoms with Crippen LogP contribution in [0.15, 0.2) is 60.1 Å². The number of hydrogen-bond acceptors (Lipinski definition) is 6. The van der Waals surface area contributed by atoms with Crippen LogP contribution in [-0.2, 0) is 0 Å². The van der Waals surface area contributed by atoms with Gasteiger partial charge in [-0.1, -0.05) is 29.8 Å². The minimum Gasteiger partial charge on any atom is -0.507 e. The van der Waals surface area contributed by atoms with Crippen LogP contribution in [0, 0.1) is 0 Å². The van der Waals surface area contributed by atoms with Crippen molar-refractivity contribution in [2.75, 3.05) is 13.1 Å². The van der Waals surface area contributed by atoms with Crippen molar-refractivity contribution >= 4 is 23.3 Å². The minimum absolute atomic E-state index is 0.0749. The largest absolute Gasteiger partial charge is 0.507 e. The van der Waals surface area contributed by atoms with Gasteiger partial charge in [-0.25, -0.2) is 4.79 Å². The molecule has 1 unspecified atom stereocenters. The van der Waals surface area contributed by atoms with E-state index in [-0.39, 0.29) is 28.1 Å². The molecule has 8 N–H and O–H groups in total. The van der Waals surface area contributed by atoms with Crippen LogP contribution in [0.3, 0.4) is 0 Å². The van der Waals surface area contributed by atoms with Crippen LogP contribution in [0.1, 0.15) is 40.2 Å². The van der Waals surface area contributed by atoms with Crippen LogP contribution >= 0.6 is 11.6 Å². The molecule has 0 spiro atoms. The average molecular weight is 429 g/mol. The van der Waals surface area contributed by atoms with Gasteiger partial charge in [0, 0.05) is 30.3 Å². The van der Waals surface area contributed by atoms with Crippen LogP contribution in [0.5, 0.6) is 5.75 Å². The molecule has 3 rings (SSSR count). The monoisotopic (exact) mass is 428 g/mol. The number of likely N-dealkylation sites (tertiary alicyclic amines) is 1. The third-order valence-electron chi connectivity index (χ3n) is 5.26. The number of carbonyl (C=O) groups is 1. The molecule has 8 heteroatoms. The van der Waals surface area contributed by atoms with Gasteiger partial charge in [0.2, 0.25) is 0 Å². The van der Waals surface area contributed by atoms with E-state index >= 15 is 0 Å². The Morgan fingerprint density at radius 1 is 1.13 bits per heavy atom. The lowest BCUT2D eigenvalue weighted by atomic mass is 9.89. The first-order chi connectivity index (χ1) is 14.3. The van der Waals surface area contributed by atoms with Gasteiger partial charge in [-0.2, -0.15) is 0 Å². The summed E-state index contributed by atoms with van der Waals surface area (Å²) in [5.74, 6) is -0.713. The lowest BCUT2D eigenvalue weighted by Gasteiger charge is -2.36. The average Bonchev–Trinajstić information content (AvgIpc) is 2.71. The van der Waals surface area contributed by atoms with E-state index in [2.05, 4.69) is 4.90 Å². The standard InChI is InChI=1S/C22H25ClN4O3/c23-17-10-13(7-8-15(17)22(29)30)14-4-3-9-27(12-14)19(21(25)26)11-18(24)16-5-1-2-6-20(16)28/h1-2,5-8,10-11,14,28H,3-4,9,12,24-26H2,(H,29,30)/b18-11-. The fourth-order valence-corrected chi connectivity index (χ4v) is 4.00. The fraction of sp³-hybridized carbons (Fsp3) is 0.227. The van der Waals surface area contributed by atoms with Crippen LogP contribution < -0.4 is 17.2 Å². The number of piperidine rings is 1. The topological polar surface area (TPSA) is 139 Å². The van der Waals surface area contributed by atoms with Gasteiger partial charge in [-0.3, -0.25) is 0 Å². The Bertz CT molecular complexity index is 1020. The number of hydrogen-bond donors (Lipinski definition) is 5. The highest BCUT2D eigenvalue weighted by atomic mass is 35.5. The Morgan fingerprint density at radius 2 is 1.87 bits per heavy atom. The number of halogens is 1. The summed E-state index contributed by atoms with van der Waals surface area (Å²) in [6, 6.07) is 11.8. The molecular weight excluding hydrogens is 404 g/mol. The Morgan fingerprint density at radius 3 is 2.50 bits per heavy atom. The van der Waals surface area contributed by atoms with Gasteiger partial charge in [0.05, 0.1) is 16.3 Å². The van der Waals surface area contributed by atoms with Crippen molar-refractivity contribution in [2.45, 2.75) is 18.8 Å². The quantitative estimate of drug-likeness (QED) is 0.461. The molecule has 2 aromatic carbocycles. The summed E-state index contributed by atoms with van der Waals surface area (Å²) in [6.07, 6.45) is 3.49. The molecule has 1 aliphatic heterocycles. The van der Waals surface area contributed by atoms with Gasteiger partial charge in [0.25, 0.3) is 0 Å². The van der Waals surface area contributed by atoms with E-state index in [0.29, 0.717) is 23.5 Å². The summed E-state index contributed by atoms with van der Waals surface area (Å²) in [6.45, 7) is 1.37. The molecule has 158 valence electrons. The first-order valence-corrected chi connectivity index (χ1v) is 9.94. The van der Waals surface area contributed by atoms with E-state index in [0.717, 1.165) is 24.9 Å². The fourth-order valence-electron chi connectivity index (χ4n) is 3.73. The smallest absolute Gasteiger partial charge is 0.337 e. The summed E-state index contributed by atoms with van der Waals surface area (Å²) in [5, 5.41) is 19.4. The predicted octanol–water partition coefficient (Wildman–Crippen LogP) is 3.01. The van der Waals surface area contributed by atoms with Crippen molar-refractivity contribution in [1.82, 2.24) is 4.90 Å². The number of rotatable bonds is 5. The Labute approximate surface area is 180 Å². The van der Waals surface area contributed by atoms with Crippen molar-refractivity contribution in [3.05, 3.63) is 81.8 Å². The normalized spacial score (nSPS) is 16.9. The zero-order valence-corrected chi connectivity index (χ0v) is 17.1. The van der Waals surface area contributed by atoms with Crippen LogP contribution in [0.25, 0.3) is 5.70 Å². The van der Waals surface area contributed by atoms with Gasteiger partial charge in [-0.05, 0) is 48.7 Å². The molecule has 1 heterocycles. The molecule has 0 radical (unpaired) electrons. The second-order valence-corrected chi connectivity index (χ2v) is 7.69. The number of para-hydroxylation sites is 1. The molecule has 1 aliphatic rings. The summed E-state index contributed by atoms with van der Waals surface area (Å²) in [4.78, 5) is 13.3. The number of benzene rings is 2. The maximum absolute atomic E-state index is 11.2. The molecule has 0 saturated carbocycles. The number of allylic oxidation sites excluding steroid dienone is 1. The maximum atomic E-state index is 11.2. The van der Waals surface area contributed by atoms with Gasteiger partial charge in [-0.15, -0.1) is 0 Å². The summed E-state index contributed by atoms with van der Waals surface area (Å²) < 4.78 is 0. The lowest BCUT2D eigenvalue weighted by molar-refractivity contribution is 0.0697. The number of phenolic OH excluding ortho intramolecular Hbond substituents is 1. The zero-order valence-electron chi connectivity index (χ0n) is 16.4. The van der Waals surface area contributed by atoms with Gasteiger partial charge in [0.1, 0.15) is 11.6 Å². The van der Waals surface area contributed by atoms with E-state index in [4.69, 9.17) is 28.8 Å². The van der Waals surface area contributed by atoms with Gasteiger partial charge in [0.15, 0.2) is 0 Å². The van der Waals surface area contributed by atoms with E-state index in [1.165, 1.54) is 6.07 Å². The predicted molar refractivity (Wildman–Crippen MR) is 118 cm³/mol. The summed E-state index contributed by atoms with van der Waals surface area (Å²) in [5.41, 5.74) is 20.6. The highest BCUT2D eigenvalue weighted by Crippen LogP contribution is 2.32. The molecule has 0 aliphatic carbocycles. The van der Waals surface area contributed by atoms with Crippen molar-refractivity contribution in [1.29, 1.82) is 0 Å². The first-order valence-electron chi connectivity index (χ1n) is 9.56. The third-order valence-corrected chi connectivity index (χ3v) is 5.57. The van der Waals surface area contributed by atoms with Crippen molar-refractivity contribution in [2.24, 2.45) is 17.2 Å². The van der Waals surface area contributed by atoms with E-state index in [9.17, 15) is 15.0 Å². The molecule has 0 aromatic heterocycles. The number of aromatic carboxylic acids is 1. The number of nitrogens with zero attached hydrogens (tertiary/aromatic N) is 1. The second kappa shape index (κ2) is 9.00.